The lowest BCUT2D eigenvalue weighted by Gasteiger charge is -2.35. The molecular weight excluding hydrogens is 348 g/mol. The van der Waals surface area contributed by atoms with E-state index in [4.69, 9.17) is 4.74 Å². The first-order valence-corrected chi connectivity index (χ1v) is 9.22. The minimum atomic E-state index is -0.460. The average molecular weight is 375 g/mol. The maximum absolute atomic E-state index is 12.2. The molecule has 0 aromatic carbocycles. The van der Waals surface area contributed by atoms with Crippen LogP contribution in [0.15, 0.2) is 0 Å². The summed E-state index contributed by atoms with van der Waals surface area (Å²) in [6.45, 7) is 8.70. The van der Waals surface area contributed by atoms with E-state index in [-0.39, 0.29) is 12.0 Å². The van der Waals surface area contributed by atoms with Crippen LogP contribution in [0.1, 0.15) is 40.0 Å². The second kappa shape index (κ2) is 7.20. The van der Waals surface area contributed by atoms with E-state index in [2.05, 4.69) is 15.9 Å². The predicted octanol–water partition coefficient (Wildman–Crippen LogP) is 2.88. The predicted molar refractivity (Wildman–Crippen MR) is 89.0 cm³/mol. The molecule has 0 N–H and O–H groups in total. The van der Waals surface area contributed by atoms with E-state index < -0.39 is 5.60 Å². The molecule has 2 amide bonds. The van der Waals surface area contributed by atoms with Gasteiger partial charge in [-0.1, -0.05) is 15.9 Å². The Bertz CT molecular complexity index is 422. The van der Waals surface area contributed by atoms with Crippen molar-refractivity contribution < 1.29 is 14.3 Å². The summed E-state index contributed by atoms with van der Waals surface area (Å²) in [5, 5.41) is 0.879. The first-order chi connectivity index (χ1) is 10.3. The fourth-order valence-electron chi connectivity index (χ4n) is 3.15. The van der Waals surface area contributed by atoms with Crippen LogP contribution in [0.2, 0.25) is 0 Å². The third kappa shape index (κ3) is 4.86. The number of alkyl halides is 1. The summed E-state index contributed by atoms with van der Waals surface area (Å²) in [4.78, 5) is 28.0. The number of amides is 2. The van der Waals surface area contributed by atoms with Crippen molar-refractivity contribution >= 4 is 27.9 Å². The van der Waals surface area contributed by atoms with Gasteiger partial charge in [0.2, 0.25) is 5.91 Å². The average Bonchev–Trinajstić information content (AvgIpc) is 2.78. The molecule has 0 aliphatic carbocycles. The zero-order valence-electron chi connectivity index (χ0n) is 13.8. The van der Waals surface area contributed by atoms with Gasteiger partial charge < -0.3 is 14.5 Å². The number of carbonyl (C=O) groups is 2. The van der Waals surface area contributed by atoms with E-state index in [1.165, 1.54) is 0 Å². The van der Waals surface area contributed by atoms with Crippen LogP contribution in [0.3, 0.4) is 0 Å². The van der Waals surface area contributed by atoms with E-state index in [1.54, 1.807) is 4.90 Å². The monoisotopic (exact) mass is 374 g/mol. The zero-order valence-corrected chi connectivity index (χ0v) is 15.4. The number of likely N-dealkylation sites (tertiary alicyclic amines) is 2. The third-order valence-electron chi connectivity index (χ3n) is 4.16. The van der Waals surface area contributed by atoms with Crippen molar-refractivity contribution in [2.45, 2.75) is 45.6 Å². The van der Waals surface area contributed by atoms with Gasteiger partial charge in [0.05, 0.1) is 0 Å². The molecule has 0 aromatic heterocycles. The number of hydrogen-bond acceptors (Lipinski definition) is 3. The molecule has 2 atom stereocenters. The highest BCUT2D eigenvalue weighted by Crippen LogP contribution is 2.25. The number of piperidine rings is 1. The van der Waals surface area contributed by atoms with Gasteiger partial charge >= 0.3 is 6.09 Å². The van der Waals surface area contributed by atoms with Gasteiger partial charge in [-0.15, -0.1) is 0 Å². The lowest BCUT2D eigenvalue weighted by Crippen LogP contribution is -2.45. The molecule has 0 saturated carbocycles. The van der Waals surface area contributed by atoms with Gasteiger partial charge in [-0.2, -0.15) is 0 Å². The minimum Gasteiger partial charge on any atom is -0.444 e. The van der Waals surface area contributed by atoms with Crippen LogP contribution in [0.25, 0.3) is 0 Å². The van der Waals surface area contributed by atoms with Crippen LogP contribution in [0.5, 0.6) is 0 Å². The quantitative estimate of drug-likeness (QED) is 0.713. The molecule has 22 heavy (non-hydrogen) atoms. The Hall–Kier alpha value is -0.780. The highest BCUT2D eigenvalue weighted by molar-refractivity contribution is 9.09. The number of halogens is 1. The maximum atomic E-state index is 12.2. The standard InChI is InChI=1S/C16H27BrN2O3/c1-16(2,3)22-15(21)18-6-4-5-12(9-18)10-19-11-13(8-17)7-14(19)20/h12-13H,4-11H2,1-3H3. The Kier molecular flexibility index (Phi) is 5.75. The Labute approximate surface area is 141 Å². The summed E-state index contributed by atoms with van der Waals surface area (Å²) in [6, 6.07) is 0. The van der Waals surface area contributed by atoms with Crippen LogP contribution < -0.4 is 0 Å². The van der Waals surface area contributed by atoms with Gasteiger partial charge in [0.15, 0.2) is 0 Å². The van der Waals surface area contributed by atoms with E-state index in [9.17, 15) is 9.59 Å². The first-order valence-electron chi connectivity index (χ1n) is 8.10. The molecule has 5 nitrogen and oxygen atoms in total. The molecule has 2 aliphatic rings. The molecule has 126 valence electrons. The second-order valence-corrected chi connectivity index (χ2v) is 8.11. The molecule has 2 rings (SSSR count). The molecule has 0 radical (unpaired) electrons. The van der Waals surface area contributed by atoms with Crippen LogP contribution in [-0.2, 0) is 9.53 Å². The number of hydrogen-bond donors (Lipinski definition) is 0. The van der Waals surface area contributed by atoms with Gasteiger partial charge in [0, 0.05) is 37.9 Å². The van der Waals surface area contributed by atoms with E-state index >= 15 is 0 Å². The first kappa shape index (κ1) is 17.6. The van der Waals surface area contributed by atoms with Gasteiger partial charge in [0.1, 0.15) is 5.60 Å². The van der Waals surface area contributed by atoms with E-state index in [0.717, 1.165) is 37.8 Å². The topological polar surface area (TPSA) is 49.9 Å². The smallest absolute Gasteiger partial charge is 0.410 e. The molecule has 2 aliphatic heterocycles. The molecule has 2 heterocycles. The lowest BCUT2D eigenvalue weighted by molar-refractivity contribution is -0.128. The molecule has 0 aromatic rings. The second-order valence-electron chi connectivity index (χ2n) is 7.46. The zero-order chi connectivity index (χ0) is 16.3. The summed E-state index contributed by atoms with van der Waals surface area (Å²) < 4.78 is 5.45. The van der Waals surface area contributed by atoms with Crippen LogP contribution >= 0.6 is 15.9 Å². The van der Waals surface area contributed by atoms with Crippen molar-refractivity contribution in [3.05, 3.63) is 0 Å². The highest BCUT2D eigenvalue weighted by atomic mass is 79.9. The molecule has 2 saturated heterocycles. The van der Waals surface area contributed by atoms with E-state index in [1.807, 2.05) is 25.7 Å². The number of rotatable bonds is 3. The fraction of sp³-hybridized carbons (Fsp3) is 0.875. The van der Waals surface area contributed by atoms with Crippen molar-refractivity contribution in [3.8, 4) is 0 Å². The van der Waals surface area contributed by atoms with E-state index in [0.29, 0.717) is 24.8 Å². The Morgan fingerprint density at radius 3 is 2.64 bits per heavy atom. The molecule has 0 spiro atoms. The molecule has 0 bridgehead atoms. The highest BCUT2D eigenvalue weighted by Gasteiger charge is 2.33. The molecule has 6 heteroatoms. The van der Waals surface area contributed by atoms with Crippen LogP contribution in [0, 0.1) is 11.8 Å². The summed E-state index contributed by atoms with van der Waals surface area (Å²) in [5.41, 5.74) is -0.460. The SMILES string of the molecule is CC(C)(C)OC(=O)N1CCCC(CN2CC(CBr)CC2=O)C1. The van der Waals surface area contributed by atoms with Gasteiger partial charge in [-0.25, -0.2) is 4.79 Å². The third-order valence-corrected chi connectivity index (χ3v) is 5.08. The molecule has 2 fully saturated rings. The largest absolute Gasteiger partial charge is 0.444 e. The Morgan fingerprint density at radius 2 is 2.05 bits per heavy atom. The van der Waals surface area contributed by atoms with Crippen molar-refractivity contribution in [2.24, 2.45) is 11.8 Å². The number of ether oxygens (including phenoxy) is 1. The maximum Gasteiger partial charge on any atom is 0.410 e. The van der Waals surface area contributed by atoms with Crippen LogP contribution in [-0.4, -0.2) is 58.9 Å². The summed E-state index contributed by atoms with van der Waals surface area (Å²) >= 11 is 3.46. The molecular formula is C16H27BrN2O3. The number of carbonyl (C=O) groups excluding carboxylic acids is 2. The Morgan fingerprint density at radius 1 is 1.32 bits per heavy atom. The summed E-state index contributed by atoms with van der Waals surface area (Å²) in [5.74, 6) is 1.04. The van der Waals surface area contributed by atoms with Crippen molar-refractivity contribution in [1.82, 2.24) is 9.80 Å². The van der Waals surface area contributed by atoms with Crippen molar-refractivity contribution in [1.29, 1.82) is 0 Å². The van der Waals surface area contributed by atoms with Crippen LogP contribution in [0.4, 0.5) is 4.79 Å². The lowest BCUT2D eigenvalue weighted by atomic mass is 9.98. The van der Waals surface area contributed by atoms with Crippen molar-refractivity contribution in [3.63, 3.8) is 0 Å². The van der Waals surface area contributed by atoms with Gasteiger partial charge in [-0.05, 0) is 45.4 Å². The summed E-state index contributed by atoms with van der Waals surface area (Å²) in [6.07, 6.45) is 2.46. The van der Waals surface area contributed by atoms with Gasteiger partial charge in [-0.3, -0.25) is 4.79 Å². The normalized spacial score (nSPS) is 26.5. The summed E-state index contributed by atoms with van der Waals surface area (Å²) in [7, 11) is 0. The fourth-order valence-corrected chi connectivity index (χ4v) is 3.59. The minimum absolute atomic E-state index is 0.233. The van der Waals surface area contributed by atoms with Gasteiger partial charge in [0.25, 0.3) is 0 Å². The van der Waals surface area contributed by atoms with Crippen molar-refractivity contribution in [2.75, 3.05) is 31.5 Å². The molecule has 2 unspecified atom stereocenters. The number of nitrogens with zero attached hydrogens (tertiary/aromatic N) is 2. The Balaban J connectivity index is 1.86.